The summed E-state index contributed by atoms with van der Waals surface area (Å²) in [4.78, 5) is 4.15. The molecule has 3 N–H and O–H groups in total. The van der Waals surface area contributed by atoms with Gasteiger partial charge in [0.25, 0.3) is 0 Å². The Kier molecular flexibility index (Phi) is 3.80. The van der Waals surface area contributed by atoms with Crippen LogP contribution in [0.1, 0.15) is 27.2 Å². The normalized spacial score (nSPS) is 11.5. The molecule has 0 atom stereocenters. The van der Waals surface area contributed by atoms with Crippen LogP contribution >= 0.6 is 11.6 Å². The van der Waals surface area contributed by atoms with Crippen LogP contribution in [0, 0.1) is 5.41 Å². The van der Waals surface area contributed by atoms with Crippen LogP contribution < -0.4 is 11.1 Å². The van der Waals surface area contributed by atoms with Gasteiger partial charge in [-0.2, -0.15) is 0 Å². The first-order valence-electron chi connectivity index (χ1n) is 5.10. The maximum Gasteiger partial charge on any atom is 0.133 e. The molecule has 4 heteroatoms. The molecule has 0 aliphatic carbocycles. The first-order chi connectivity index (χ1) is 6.93. The van der Waals surface area contributed by atoms with Crippen molar-refractivity contribution in [1.82, 2.24) is 4.98 Å². The van der Waals surface area contributed by atoms with E-state index in [-0.39, 0.29) is 5.41 Å². The minimum Gasteiger partial charge on any atom is -0.399 e. The monoisotopic (exact) mass is 227 g/mol. The van der Waals surface area contributed by atoms with E-state index in [4.69, 9.17) is 17.3 Å². The van der Waals surface area contributed by atoms with Gasteiger partial charge < -0.3 is 11.1 Å². The van der Waals surface area contributed by atoms with Crippen LogP contribution in [0.3, 0.4) is 0 Å². The van der Waals surface area contributed by atoms with E-state index in [1.165, 1.54) is 0 Å². The van der Waals surface area contributed by atoms with Crippen LogP contribution in [0.15, 0.2) is 12.1 Å². The molecular weight excluding hydrogens is 210 g/mol. The molecule has 0 aromatic carbocycles. The third-order valence-electron chi connectivity index (χ3n) is 2.52. The number of anilines is 2. The zero-order valence-corrected chi connectivity index (χ0v) is 10.2. The molecule has 0 aliphatic heterocycles. The molecule has 1 rings (SSSR count). The minimum atomic E-state index is 0.249. The van der Waals surface area contributed by atoms with E-state index in [2.05, 4.69) is 31.1 Å². The van der Waals surface area contributed by atoms with Gasteiger partial charge in [-0.25, -0.2) is 4.98 Å². The van der Waals surface area contributed by atoms with Gasteiger partial charge in [-0.15, -0.1) is 0 Å². The second-order valence-electron chi connectivity index (χ2n) is 4.48. The quantitative estimate of drug-likeness (QED) is 0.777. The largest absolute Gasteiger partial charge is 0.399 e. The molecule has 0 amide bonds. The highest BCUT2D eigenvalue weighted by molar-refractivity contribution is 6.29. The first kappa shape index (κ1) is 12.1. The Morgan fingerprint density at radius 1 is 1.47 bits per heavy atom. The molecule has 84 valence electrons. The zero-order valence-electron chi connectivity index (χ0n) is 9.47. The van der Waals surface area contributed by atoms with Crippen LogP contribution in [0.25, 0.3) is 0 Å². The van der Waals surface area contributed by atoms with Crippen LogP contribution in [0.4, 0.5) is 11.5 Å². The number of halogens is 1. The number of aromatic nitrogens is 1. The van der Waals surface area contributed by atoms with Gasteiger partial charge in [-0.3, -0.25) is 0 Å². The second-order valence-corrected chi connectivity index (χ2v) is 4.87. The Morgan fingerprint density at radius 2 is 2.13 bits per heavy atom. The van der Waals surface area contributed by atoms with Gasteiger partial charge in [0.1, 0.15) is 11.0 Å². The standard InChI is InChI=1S/C11H18ClN3/c1-4-11(2,3)7-14-10-6-8(13)5-9(12)15-10/h5-6H,4,7H2,1-3H3,(H3,13,14,15). The molecule has 3 nitrogen and oxygen atoms in total. The summed E-state index contributed by atoms with van der Waals surface area (Å²) in [5.41, 5.74) is 6.55. The van der Waals surface area contributed by atoms with Crippen molar-refractivity contribution in [2.45, 2.75) is 27.2 Å². The van der Waals surface area contributed by atoms with Gasteiger partial charge in [0.15, 0.2) is 0 Å². The molecule has 0 fully saturated rings. The molecule has 0 bridgehead atoms. The molecule has 0 unspecified atom stereocenters. The molecule has 0 aliphatic rings. The van der Waals surface area contributed by atoms with Crippen molar-refractivity contribution in [3.8, 4) is 0 Å². The Balaban J connectivity index is 2.65. The average Bonchev–Trinajstić information content (AvgIpc) is 2.14. The molecule has 1 aromatic heterocycles. The van der Waals surface area contributed by atoms with Gasteiger partial charge >= 0.3 is 0 Å². The first-order valence-corrected chi connectivity index (χ1v) is 5.48. The van der Waals surface area contributed by atoms with Gasteiger partial charge in [0, 0.05) is 18.3 Å². The lowest BCUT2D eigenvalue weighted by molar-refractivity contribution is 0.376. The molecule has 1 aromatic rings. The van der Waals surface area contributed by atoms with Crippen molar-refractivity contribution < 1.29 is 0 Å². The maximum absolute atomic E-state index is 5.80. The number of rotatable bonds is 4. The summed E-state index contributed by atoms with van der Waals surface area (Å²) in [6.07, 6.45) is 1.11. The van der Waals surface area contributed by atoms with E-state index in [1.54, 1.807) is 12.1 Å². The van der Waals surface area contributed by atoms with E-state index in [0.29, 0.717) is 10.8 Å². The number of hydrogen-bond donors (Lipinski definition) is 2. The smallest absolute Gasteiger partial charge is 0.133 e. The highest BCUT2D eigenvalue weighted by atomic mass is 35.5. The Hall–Kier alpha value is -0.960. The van der Waals surface area contributed by atoms with E-state index in [9.17, 15) is 0 Å². The number of nitrogens with zero attached hydrogens (tertiary/aromatic N) is 1. The Labute approximate surface area is 96.0 Å². The average molecular weight is 228 g/mol. The molecule has 0 saturated carbocycles. The zero-order chi connectivity index (χ0) is 11.5. The molecular formula is C11H18ClN3. The fourth-order valence-corrected chi connectivity index (χ4v) is 1.28. The van der Waals surface area contributed by atoms with Crippen molar-refractivity contribution in [3.63, 3.8) is 0 Å². The van der Waals surface area contributed by atoms with Gasteiger partial charge in [-0.05, 0) is 17.9 Å². The third-order valence-corrected chi connectivity index (χ3v) is 2.72. The van der Waals surface area contributed by atoms with Crippen molar-refractivity contribution in [1.29, 1.82) is 0 Å². The SMILES string of the molecule is CCC(C)(C)CNc1cc(N)cc(Cl)n1. The number of hydrogen-bond acceptors (Lipinski definition) is 3. The Morgan fingerprint density at radius 3 is 2.67 bits per heavy atom. The predicted octanol–water partition coefficient (Wildman–Crippen LogP) is 3.17. The van der Waals surface area contributed by atoms with Gasteiger partial charge in [-0.1, -0.05) is 32.4 Å². The van der Waals surface area contributed by atoms with Crippen molar-refractivity contribution >= 4 is 23.1 Å². The minimum absolute atomic E-state index is 0.249. The van der Waals surface area contributed by atoms with E-state index in [1.807, 2.05) is 0 Å². The van der Waals surface area contributed by atoms with Crippen LogP contribution in [-0.4, -0.2) is 11.5 Å². The number of nitrogens with two attached hydrogens (primary N) is 1. The van der Waals surface area contributed by atoms with Crippen molar-refractivity contribution in [3.05, 3.63) is 17.3 Å². The van der Waals surface area contributed by atoms with Crippen molar-refractivity contribution in [2.24, 2.45) is 5.41 Å². The number of nitrogen functional groups attached to an aromatic ring is 1. The highest BCUT2D eigenvalue weighted by Gasteiger charge is 2.14. The summed E-state index contributed by atoms with van der Waals surface area (Å²) >= 11 is 5.80. The fourth-order valence-electron chi connectivity index (χ4n) is 1.06. The van der Waals surface area contributed by atoms with Crippen molar-refractivity contribution in [2.75, 3.05) is 17.6 Å². The topological polar surface area (TPSA) is 50.9 Å². The molecule has 0 spiro atoms. The van der Waals surface area contributed by atoms with Gasteiger partial charge in [0.2, 0.25) is 0 Å². The molecule has 0 radical (unpaired) electrons. The Bertz CT molecular complexity index is 316. The highest BCUT2D eigenvalue weighted by Crippen LogP contribution is 2.21. The lowest BCUT2D eigenvalue weighted by Crippen LogP contribution is -2.22. The van der Waals surface area contributed by atoms with E-state index >= 15 is 0 Å². The summed E-state index contributed by atoms with van der Waals surface area (Å²) in [5.74, 6) is 0.738. The summed E-state index contributed by atoms with van der Waals surface area (Å²) in [6, 6.07) is 3.43. The third kappa shape index (κ3) is 3.96. The summed E-state index contributed by atoms with van der Waals surface area (Å²) < 4.78 is 0. The summed E-state index contributed by atoms with van der Waals surface area (Å²) in [6.45, 7) is 7.43. The summed E-state index contributed by atoms with van der Waals surface area (Å²) in [7, 11) is 0. The van der Waals surface area contributed by atoms with Gasteiger partial charge in [0.05, 0.1) is 0 Å². The molecule has 0 saturated heterocycles. The van der Waals surface area contributed by atoms with Crippen LogP contribution in [0.5, 0.6) is 0 Å². The maximum atomic E-state index is 5.80. The molecule has 15 heavy (non-hydrogen) atoms. The van der Waals surface area contributed by atoms with E-state index < -0.39 is 0 Å². The molecule has 1 heterocycles. The van der Waals surface area contributed by atoms with E-state index in [0.717, 1.165) is 18.8 Å². The van der Waals surface area contributed by atoms with Crippen LogP contribution in [-0.2, 0) is 0 Å². The van der Waals surface area contributed by atoms with Crippen LogP contribution in [0.2, 0.25) is 5.15 Å². The predicted molar refractivity (Wildman–Crippen MR) is 66.2 cm³/mol. The lowest BCUT2D eigenvalue weighted by atomic mass is 9.90. The second kappa shape index (κ2) is 4.71. The number of pyridine rings is 1. The summed E-state index contributed by atoms with van der Waals surface area (Å²) in [5, 5.41) is 3.66. The number of nitrogens with one attached hydrogen (secondary N) is 1. The fraction of sp³-hybridized carbons (Fsp3) is 0.545. The lowest BCUT2D eigenvalue weighted by Gasteiger charge is -2.23.